The van der Waals surface area contributed by atoms with E-state index in [0.717, 1.165) is 12.0 Å². The summed E-state index contributed by atoms with van der Waals surface area (Å²) in [6, 6.07) is 14.0. The van der Waals surface area contributed by atoms with Crippen LogP contribution in [0.4, 0.5) is 0 Å². The van der Waals surface area contributed by atoms with Crippen LogP contribution in [0.1, 0.15) is 18.9 Å². The quantitative estimate of drug-likeness (QED) is 0.630. The van der Waals surface area contributed by atoms with Crippen LogP contribution in [0.2, 0.25) is 5.02 Å². The second kappa shape index (κ2) is 10.3. The minimum Gasteiger partial charge on any atom is -0.482 e. The Morgan fingerprint density at radius 1 is 1.11 bits per heavy atom. The van der Waals surface area contributed by atoms with Crippen LogP contribution in [-0.2, 0) is 21.2 Å². The number of carbonyl (C=O) groups excluding carboxylic acids is 1. The molecule has 2 aromatic carbocycles. The summed E-state index contributed by atoms with van der Waals surface area (Å²) in [6.07, 6.45) is 1.41. The molecule has 0 atom stereocenters. The Morgan fingerprint density at radius 2 is 1.85 bits per heavy atom. The van der Waals surface area contributed by atoms with Gasteiger partial charge < -0.3 is 10.1 Å². The monoisotopic (exact) mass is 410 g/mol. The normalized spacial score (nSPS) is 11.2. The number of hydrogen-bond donors (Lipinski definition) is 2. The topological polar surface area (TPSA) is 84.5 Å². The number of carbonyl (C=O) groups is 1. The van der Waals surface area contributed by atoms with Gasteiger partial charge in [-0.3, -0.25) is 4.79 Å². The van der Waals surface area contributed by atoms with Crippen LogP contribution in [0, 0.1) is 0 Å². The van der Waals surface area contributed by atoms with Crippen LogP contribution >= 0.6 is 11.6 Å². The lowest BCUT2D eigenvalue weighted by Gasteiger charge is -2.11. The van der Waals surface area contributed by atoms with Gasteiger partial charge in [-0.05, 0) is 36.6 Å². The van der Waals surface area contributed by atoms with Gasteiger partial charge in [0.05, 0.1) is 9.92 Å². The summed E-state index contributed by atoms with van der Waals surface area (Å²) < 4.78 is 32.0. The maximum Gasteiger partial charge on any atom is 0.257 e. The smallest absolute Gasteiger partial charge is 0.257 e. The van der Waals surface area contributed by atoms with E-state index in [1.165, 1.54) is 18.2 Å². The molecule has 0 aliphatic carbocycles. The number of ether oxygens (including phenoxy) is 1. The van der Waals surface area contributed by atoms with Gasteiger partial charge in [0.25, 0.3) is 5.91 Å². The molecule has 0 aliphatic rings. The van der Waals surface area contributed by atoms with Gasteiger partial charge >= 0.3 is 0 Å². The lowest BCUT2D eigenvalue weighted by molar-refractivity contribution is -0.123. The third-order valence-electron chi connectivity index (χ3n) is 3.69. The maximum absolute atomic E-state index is 12.1. The second-order valence-corrected chi connectivity index (χ2v) is 8.04. The van der Waals surface area contributed by atoms with Crippen LogP contribution in [0.25, 0.3) is 0 Å². The largest absolute Gasteiger partial charge is 0.482 e. The molecule has 8 heteroatoms. The van der Waals surface area contributed by atoms with E-state index in [1.807, 2.05) is 37.3 Å². The Balaban J connectivity index is 1.84. The lowest BCUT2D eigenvalue weighted by Crippen LogP contribution is -2.30. The van der Waals surface area contributed by atoms with Crippen molar-refractivity contribution < 1.29 is 17.9 Å². The first-order valence-electron chi connectivity index (χ1n) is 8.65. The van der Waals surface area contributed by atoms with Crippen molar-refractivity contribution in [2.45, 2.75) is 24.7 Å². The lowest BCUT2D eigenvalue weighted by atomic mass is 10.1. The number of hydrogen-bond acceptors (Lipinski definition) is 4. The molecule has 146 valence electrons. The van der Waals surface area contributed by atoms with E-state index >= 15 is 0 Å². The van der Waals surface area contributed by atoms with Crippen molar-refractivity contribution in [1.29, 1.82) is 0 Å². The molecule has 0 fully saturated rings. The van der Waals surface area contributed by atoms with E-state index in [2.05, 4.69) is 10.0 Å². The summed E-state index contributed by atoms with van der Waals surface area (Å²) in [6.45, 7) is 2.52. The molecule has 0 heterocycles. The Kier molecular flexibility index (Phi) is 8.09. The highest BCUT2D eigenvalue weighted by Gasteiger charge is 2.15. The first-order valence-corrected chi connectivity index (χ1v) is 10.5. The van der Waals surface area contributed by atoms with Crippen LogP contribution in [0.15, 0.2) is 53.4 Å². The summed E-state index contributed by atoms with van der Waals surface area (Å²) in [4.78, 5) is 11.9. The predicted octanol–water partition coefficient (Wildman–Crippen LogP) is 2.77. The molecule has 27 heavy (non-hydrogen) atoms. The van der Waals surface area contributed by atoms with Crippen LogP contribution < -0.4 is 14.8 Å². The van der Waals surface area contributed by atoms with E-state index in [9.17, 15) is 13.2 Å². The van der Waals surface area contributed by atoms with Crippen LogP contribution in [0.5, 0.6) is 5.75 Å². The number of halogens is 1. The van der Waals surface area contributed by atoms with Crippen molar-refractivity contribution >= 4 is 27.5 Å². The fourth-order valence-electron chi connectivity index (χ4n) is 2.27. The van der Waals surface area contributed by atoms with Gasteiger partial charge in [-0.15, -0.1) is 0 Å². The number of sulfonamides is 1. The SMILES string of the molecule is CCCNS(=O)(=O)c1ccc(OCC(=O)NCCc2ccccc2)c(Cl)c1. The highest BCUT2D eigenvalue weighted by atomic mass is 35.5. The van der Waals surface area contributed by atoms with Crippen molar-refractivity contribution in [3.63, 3.8) is 0 Å². The van der Waals surface area contributed by atoms with Crippen molar-refractivity contribution in [1.82, 2.24) is 10.0 Å². The standard InChI is InChI=1S/C19H23ClN2O4S/c1-2-11-22-27(24,25)16-8-9-18(17(20)13-16)26-14-19(23)21-12-10-15-6-4-3-5-7-15/h3-9,13,22H,2,10-12,14H2,1H3,(H,21,23). The summed E-state index contributed by atoms with van der Waals surface area (Å²) in [5.74, 6) is -0.0207. The van der Waals surface area contributed by atoms with Gasteiger partial charge in [0.15, 0.2) is 6.61 Å². The number of benzene rings is 2. The van der Waals surface area contributed by atoms with E-state index in [4.69, 9.17) is 16.3 Å². The fraction of sp³-hybridized carbons (Fsp3) is 0.316. The zero-order valence-electron chi connectivity index (χ0n) is 15.1. The number of rotatable bonds is 10. The average molecular weight is 411 g/mol. The fourth-order valence-corrected chi connectivity index (χ4v) is 3.73. The Morgan fingerprint density at radius 3 is 2.52 bits per heavy atom. The van der Waals surface area contributed by atoms with Gasteiger partial charge in [-0.2, -0.15) is 0 Å². The molecule has 6 nitrogen and oxygen atoms in total. The molecule has 0 spiro atoms. The van der Waals surface area contributed by atoms with Gasteiger partial charge in [0, 0.05) is 13.1 Å². The summed E-state index contributed by atoms with van der Waals surface area (Å²) in [7, 11) is -3.60. The number of amides is 1. The molecular weight excluding hydrogens is 388 g/mol. The molecule has 0 saturated carbocycles. The summed E-state index contributed by atoms with van der Waals surface area (Å²) in [5, 5.41) is 2.90. The predicted molar refractivity (Wildman–Crippen MR) is 106 cm³/mol. The minimum atomic E-state index is -3.60. The molecule has 0 unspecified atom stereocenters. The molecule has 0 radical (unpaired) electrons. The third kappa shape index (κ3) is 6.86. The summed E-state index contributed by atoms with van der Waals surface area (Å²) >= 11 is 6.09. The zero-order valence-corrected chi connectivity index (χ0v) is 16.6. The highest BCUT2D eigenvalue weighted by Crippen LogP contribution is 2.27. The van der Waals surface area contributed by atoms with E-state index in [-0.39, 0.29) is 28.2 Å². The minimum absolute atomic E-state index is 0.0561. The van der Waals surface area contributed by atoms with Gasteiger partial charge in [0.1, 0.15) is 5.75 Å². The highest BCUT2D eigenvalue weighted by molar-refractivity contribution is 7.89. The number of nitrogens with one attached hydrogen (secondary N) is 2. The molecule has 2 rings (SSSR count). The zero-order chi connectivity index (χ0) is 19.7. The Labute approximate surface area is 164 Å². The van der Waals surface area contributed by atoms with Crippen molar-refractivity contribution in [3.8, 4) is 5.75 Å². The van der Waals surface area contributed by atoms with E-state index in [0.29, 0.717) is 19.5 Å². The maximum atomic E-state index is 12.1. The van der Waals surface area contributed by atoms with E-state index < -0.39 is 10.0 Å². The van der Waals surface area contributed by atoms with Crippen LogP contribution in [-0.4, -0.2) is 34.0 Å². The Bertz CT molecular complexity index is 857. The van der Waals surface area contributed by atoms with Gasteiger partial charge in [-0.25, -0.2) is 13.1 Å². The van der Waals surface area contributed by atoms with Crippen LogP contribution in [0.3, 0.4) is 0 Å². The molecular formula is C19H23ClN2O4S. The van der Waals surface area contributed by atoms with E-state index in [1.54, 1.807) is 0 Å². The molecule has 0 aliphatic heterocycles. The molecule has 2 N–H and O–H groups in total. The summed E-state index contributed by atoms with van der Waals surface area (Å²) in [5.41, 5.74) is 1.13. The van der Waals surface area contributed by atoms with Gasteiger partial charge in [0.2, 0.25) is 10.0 Å². The first-order chi connectivity index (χ1) is 12.9. The first kappa shape index (κ1) is 21.2. The van der Waals surface area contributed by atoms with Gasteiger partial charge in [-0.1, -0.05) is 48.9 Å². The molecule has 0 bridgehead atoms. The molecule has 2 aromatic rings. The Hall–Kier alpha value is -2.09. The van der Waals surface area contributed by atoms with Crippen molar-refractivity contribution in [3.05, 3.63) is 59.1 Å². The average Bonchev–Trinajstić information content (AvgIpc) is 2.66. The van der Waals surface area contributed by atoms with Crippen molar-refractivity contribution in [2.24, 2.45) is 0 Å². The molecule has 1 amide bonds. The second-order valence-electron chi connectivity index (χ2n) is 5.86. The van der Waals surface area contributed by atoms with Crippen molar-refractivity contribution in [2.75, 3.05) is 19.7 Å². The third-order valence-corrected chi connectivity index (χ3v) is 5.45. The molecule has 0 aromatic heterocycles. The molecule has 0 saturated heterocycles.